The second kappa shape index (κ2) is 78.9. The molecule has 6 atom stereocenters. The Balaban J connectivity index is 5.20. The molecule has 0 rings (SSSR count). The highest BCUT2D eigenvalue weighted by Crippen LogP contribution is 2.45. The Morgan fingerprint density at radius 1 is 0.269 bits per heavy atom. The summed E-state index contributed by atoms with van der Waals surface area (Å²) in [6, 6.07) is 0. The Bertz CT molecular complexity index is 2080. The summed E-state index contributed by atoms with van der Waals surface area (Å²) in [5, 5.41) is 10.7. The molecule has 3 N–H and O–H groups in total. The SMILES string of the molecule is CCCCCCCCCCCCCCCCCCCCCCCC(=O)OC[C@H](COP(=O)(O)OC[C@@H](O)COP(=O)(O)OC[C@@H](COC(=O)CCCCCCCCC(C)C)OC(=O)CCCCCCCCCCCCCCCC(C)C)OC(=O)CCCCCCCCCCCCCCCCCCCCC(C)CC. The first-order chi connectivity index (χ1) is 52.3. The van der Waals surface area contributed by atoms with Gasteiger partial charge in [-0.15, -0.1) is 0 Å². The molecule has 108 heavy (non-hydrogen) atoms. The van der Waals surface area contributed by atoms with Gasteiger partial charge in [-0.1, -0.05) is 421 Å². The van der Waals surface area contributed by atoms with Crippen LogP contribution < -0.4 is 0 Å². The van der Waals surface area contributed by atoms with E-state index >= 15 is 0 Å². The first kappa shape index (κ1) is 106. The zero-order valence-corrected chi connectivity index (χ0v) is 73.1. The van der Waals surface area contributed by atoms with Crippen LogP contribution in [0.25, 0.3) is 0 Å². The Kier molecular flexibility index (Phi) is 77.5. The number of hydrogen-bond acceptors (Lipinski definition) is 15. The molecule has 17 nitrogen and oxygen atoms in total. The summed E-state index contributed by atoms with van der Waals surface area (Å²) in [6.07, 6.45) is 71.1. The minimum Gasteiger partial charge on any atom is -0.462 e. The van der Waals surface area contributed by atoms with Gasteiger partial charge in [0.15, 0.2) is 12.2 Å². The molecule has 0 fully saturated rings. The number of esters is 4. The van der Waals surface area contributed by atoms with Crippen LogP contribution in [0.3, 0.4) is 0 Å². The molecule has 0 aromatic carbocycles. The molecule has 0 aromatic heterocycles. The van der Waals surface area contributed by atoms with Crippen LogP contribution in [0.5, 0.6) is 0 Å². The number of unbranched alkanes of at least 4 members (excludes halogenated alkanes) is 54. The third-order valence-corrected chi connectivity index (χ3v) is 23.1. The number of phosphoric acid groups is 2. The van der Waals surface area contributed by atoms with Crippen molar-refractivity contribution < 1.29 is 80.2 Å². The molecule has 0 saturated carbocycles. The van der Waals surface area contributed by atoms with Crippen LogP contribution in [-0.4, -0.2) is 96.7 Å². The minimum absolute atomic E-state index is 0.106. The topological polar surface area (TPSA) is 237 Å². The fraction of sp³-hybridized carbons (Fsp3) is 0.955. The highest BCUT2D eigenvalue weighted by Gasteiger charge is 2.31. The molecule has 0 amide bonds. The molecule has 0 spiro atoms. The van der Waals surface area contributed by atoms with E-state index in [-0.39, 0.29) is 25.7 Å². The Morgan fingerprint density at radius 3 is 0.704 bits per heavy atom. The fourth-order valence-electron chi connectivity index (χ4n) is 13.9. The van der Waals surface area contributed by atoms with Crippen molar-refractivity contribution in [3.8, 4) is 0 Å². The largest absolute Gasteiger partial charge is 0.472 e. The summed E-state index contributed by atoms with van der Waals surface area (Å²) >= 11 is 0. The highest BCUT2D eigenvalue weighted by atomic mass is 31.2. The molecule has 3 unspecified atom stereocenters. The molecule has 0 aliphatic carbocycles. The summed E-state index contributed by atoms with van der Waals surface area (Å²) in [6.45, 7) is 12.0. The first-order valence-corrected chi connectivity index (χ1v) is 48.9. The summed E-state index contributed by atoms with van der Waals surface area (Å²) in [4.78, 5) is 73.3. The number of ether oxygens (including phenoxy) is 4. The van der Waals surface area contributed by atoms with Crippen LogP contribution in [0.1, 0.15) is 472 Å². The third-order valence-electron chi connectivity index (χ3n) is 21.2. The van der Waals surface area contributed by atoms with Crippen molar-refractivity contribution in [3.05, 3.63) is 0 Å². The van der Waals surface area contributed by atoms with E-state index in [0.29, 0.717) is 31.6 Å². The smallest absolute Gasteiger partial charge is 0.462 e. The maximum absolute atomic E-state index is 13.2. The number of carbonyl (C=O) groups is 4. The molecule has 0 aliphatic rings. The maximum atomic E-state index is 13.2. The Hall–Kier alpha value is -1.94. The second-order valence-electron chi connectivity index (χ2n) is 33.2. The normalized spacial score (nSPS) is 14.1. The van der Waals surface area contributed by atoms with Crippen LogP contribution in [-0.2, 0) is 65.4 Å². The lowest BCUT2D eigenvalue weighted by molar-refractivity contribution is -0.161. The fourth-order valence-corrected chi connectivity index (χ4v) is 15.4. The zero-order valence-electron chi connectivity index (χ0n) is 71.3. The van der Waals surface area contributed by atoms with Crippen molar-refractivity contribution in [2.24, 2.45) is 17.8 Å². The molecule has 19 heteroatoms. The zero-order chi connectivity index (χ0) is 79.3. The number of carbonyl (C=O) groups excluding carboxylic acids is 4. The van der Waals surface area contributed by atoms with E-state index in [1.54, 1.807) is 0 Å². The second-order valence-corrected chi connectivity index (χ2v) is 36.1. The van der Waals surface area contributed by atoms with Crippen LogP contribution in [0.4, 0.5) is 0 Å². The molecule has 0 saturated heterocycles. The van der Waals surface area contributed by atoms with Gasteiger partial charge in [0, 0.05) is 25.7 Å². The third kappa shape index (κ3) is 80.7. The lowest BCUT2D eigenvalue weighted by Gasteiger charge is -2.21. The Morgan fingerprint density at radius 2 is 0.472 bits per heavy atom. The van der Waals surface area contributed by atoms with Crippen molar-refractivity contribution in [2.75, 3.05) is 39.6 Å². The number of aliphatic hydroxyl groups excluding tert-OH is 1. The molecule has 0 heterocycles. The maximum Gasteiger partial charge on any atom is 0.472 e. The van der Waals surface area contributed by atoms with Gasteiger partial charge in [-0.3, -0.25) is 37.3 Å². The number of hydrogen-bond donors (Lipinski definition) is 3. The predicted molar refractivity (Wildman–Crippen MR) is 446 cm³/mol. The van der Waals surface area contributed by atoms with E-state index in [9.17, 15) is 43.2 Å². The summed E-state index contributed by atoms with van der Waals surface area (Å²) in [5.41, 5.74) is 0. The molecule has 0 aliphatic heterocycles. The van der Waals surface area contributed by atoms with Gasteiger partial charge in [-0.2, -0.15) is 0 Å². The quantitative estimate of drug-likeness (QED) is 0.0222. The molecule has 0 bridgehead atoms. The van der Waals surface area contributed by atoms with E-state index in [2.05, 4.69) is 48.5 Å². The van der Waals surface area contributed by atoms with Gasteiger partial charge in [-0.25, -0.2) is 9.13 Å². The lowest BCUT2D eigenvalue weighted by atomic mass is 9.99. The number of phosphoric ester groups is 2. The summed E-state index contributed by atoms with van der Waals surface area (Å²) in [7, 11) is -9.93. The van der Waals surface area contributed by atoms with Gasteiger partial charge in [0.2, 0.25) is 0 Å². The monoisotopic (exact) mass is 1580 g/mol. The minimum atomic E-state index is -4.97. The molecular formula is C89H174O17P2. The van der Waals surface area contributed by atoms with Gasteiger partial charge in [0.25, 0.3) is 0 Å². The summed E-state index contributed by atoms with van der Waals surface area (Å²) in [5.74, 6) is 0.232. The van der Waals surface area contributed by atoms with E-state index < -0.39 is 97.5 Å². The highest BCUT2D eigenvalue weighted by molar-refractivity contribution is 7.47. The van der Waals surface area contributed by atoms with Crippen LogP contribution >= 0.6 is 15.6 Å². The van der Waals surface area contributed by atoms with Gasteiger partial charge in [0.05, 0.1) is 26.4 Å². The van der Waals surface area contributed by atoms with Crippen LogP contribution in [0.2, 0.25) is 0 Å². The first-order valence-electron chi connectivity index (χ1n) is 45.9. The van der Waals surface area contributed by atoms with Crippen molar-refractivity contribution >= 4 is 39.5 Å². The van der Waals surface area contributed by atoms with E-state index in [0.717, 1.165) is 108 Å². The van der Waals surface area contributed by atoms with Gasteiger partial charge in [0.1, 0.15) is 19.3 Å². The van der Waals surface area contributed by atoms with E-state index in [1.807, 2.05) is 0 Å². The van der Waals surface area contributed by atoms with Crippen molar-refractivity contribution in [2.45, 2.75) is 491 Å². The van der Waals surface area contributed by atoms with E-state index in [4.69, 9.17) is 37.0 Å². The van der Waals surface area contributed by atoms with Gasteiger partial charge < -0.3 is 33.8 Å². The average molecular weight is 1580 g/mol. The molecule has 642 valence electrons. The Labute approximate surface area is 664 Å². The average Bonchev–Trinajstić information content (AvgIpc) is 0.894. The molecule has 0 radical (unpaired) electrons. The van der Waals surface area contributed by atoms with E-state index in [1.165, 1.54) is 276 Å². The van der Waals surface area contributed by atoms with Crippen molar-refractivity contribution in [1.29, 1.82) is 0 Å². The van der Waals surface area contributed by atoms with Crippen molar-refractivity contribution in [3.63, 3.8) is 0 Å². The van der Waals surface area contributed by atoms with Gasteiger partial charge in [-0.05, 0) is 43.4 Å². The molecular weight excluding hydrogens is 1400 g/mol. The van der Waals surface area contributed by atoms with Crippen LogP contribution in [0.15, 0.2) is 0 Å². The van der Waals surface area contributed by atoms with Gasteiger partial charge >= 0.3 is 39.5 Å². The molecule has 0 aromatic rings. The number of rotatable bonds is 87. The predicted octanol–water partition coefficient (Wildman–Crippen LogP) is 27.3. The van der Waals surface area contributed by atoms with Crippen LogP contribution in [0, 0.1) is 17.8 Å². The standard InChI is InChI=1S/C89H174O17P2/c1-8-10-11-12-13-14-15-16-17-18-19-20-21-25-28-33-38-43-48-56-63-70-86(91)99-76-84(105-88(93)72-65-58-49-44-39-34-29-26-23-22-24-27-32-37-42-47-55-62-69-82(7)9-2)78-103-107(95,96)101-74-83(90)75-102-108(97,98)104-79-85(77-100-87(92)71-64-57-52-51-54-61-68-81(5)6)106-89(94)73-66-59-50-45-40-35-30-31-36-41-46-53-60-67-80(3)4/h80-85,90H,8-79H2,1-7H3,(H,95,96)(H,97,98)/t82?,83-,84-,85-/m1/s1. The number of aliphatic hydroxyl groups is 1. The summed E-state index contributed by atoms with van der Waals surface area (Å²) < 4.78 is 68.9. The van der Waals surface area contributed by atoms with Crippen molar-refractivity contribution in [1.82, 2.24) is 0 Å². The lowest BCUT2D eigenvalue weighted by Crippen LogP contribution is -2.30.